The van der Waals surface area contributed by atoms with E-state index in [0.717, 1.165) is 21.3 Å². The molecule has 0 radical (unpaired) electrons. The number of fused-ring (bicyclic) bond motifs is 1. The first-order chi connectivity index (χ1) is 15.0. The molecule has 0 atom stereocenters. The Morgan fingerprint density at radius 2 is 1.71 bits per heavy atom. The summed E-state index contributed by atoms with van der Waals surface area (Å²) >= 11 is 3.51. The number of para-hydroxylation sites is 1. The van der Waals surface area contributed by atoms with Gasteiger partial charge in [0.1, 0.15) is 5.82 Å². The smallest absolute Gasteiger partial charge is 0.266 e. The fourth-order valence-electron chi connectivity index (χ4n) is 3.45. The molecule has 156 valence electrons. The van der Waals surface area contributed by atoms with Gasteiger partial charge in [-0.25, -0.2) is 4.98 Å². The number of halogens is 1. The van der Waals surface area contributed by atoms with E-state index in [2.05, 4.69) is 15.9 Å². The topological polar surface area (TPSA) is 53.3 Å². The summed E-state index contributed by atoms with van der Waals surface area (Å²) in [5, 5.41) is 0.571. The second kappa shape index (κ2) is 8.78. The molecule has 4 aromatic rings. The lowest BCUT2D eigenvalue weighted by molar-refractivity contribution is 0.354. The third kappa shape index (κ3) is 4.11. The van der Waals surface area contributed by atoms with Gasteiger partial charge >= 0.3 is 0 Å². The molecule has 5 nitrogen and oxygen atoms in total. The number of ether oxygens (including phenoxy) is 2. The van der Waals surface area contributed by atoms with Gasteiger partial charge in [-0.15, -0.1) is 0 Å². The standard InChI is InChI=1S/C25H21BrN2O3/c1-16-8-11-19(12-9-16)28-23(27-21-7-5-4-6-20(21)25(28)29)13-10-17-14-18(26)15-22(30-2)24(17)31-3/h4-15H,1-3H3/b13-10+. The van der Waals surface area contributed by atoms with Crippen molar-refractivity contribution in [3.63, 3.8) is 0 Å². The second-order valence-electron chi connectivity index (χ2n) is 7.03. The number of aryl methyl sites for hydroxylation is 1. The molecule has 0 unspecified atom stereocenters. The Bertz CT molecular complexity index is 1340. The van der Waals surface area contributed by atoms with E-state index >= 15 is 0 Å². The van der Waals surface area contributed by atoms with E-state index in [1.165, 1.54) is 0 Å². The SMILES string of the molecule is COc1cc(Br)cc(/C=C/c2nc3ccccc3c(=O)n2-c2ccc(C)cc2)c1OC. The van der Waals surface area contributed by atoms with Crippen molar-refractivity contribution < 1.29 is 9.47 Å². The largest absolute Gasteiger partial charge is 0.493 e. The van der Waals surface area contributed by atoms with Crippen molar-refractivity contribution in [2.24, 2.45) is 0 Å². The second-order valence-corrected chi connectivity index (χ2v) is 7.94. The van der Waals surface area contributed by atoms with Crippen LogP contribution in [-0.4, -0.2) is 23.8 Å². The minimum atomic E-state index is -0.118. The normalized spacial score (nSPS) is 11.2. The molecule has 1 aromatic heterocycles. The Morgan fingerprint density at radius 3 is 2.42 bits per heavy atom. The summed E-state index contributed by atoms with van der Waals surface area (Å²) in [7, 11) is 3.19. The zero-order valence-corrected chi connectivity index (χ0v) is 19.0. The molecule has 0 saturated heterocycles. The highest BCUT2D eigenvalue weighted by atomic mass is 79.9. The predicted octanol–water partition coefficient (Wildman–Crippen LogP) is 5.64. The summed E-state index contributed by atoms with van der Waals surface area (Å²) in [4.78, 5) is 18.1. The molecular weight excluding hydrogens is 456 g/mol. The van der Waals surface area contributed by atoms with Gasteiger partial charge < -0.3 is 9.47 Å². The molecule has 0 aliphatic rings. The zero-order chi connectivity index (χ0) is 22.0. The summed E-state index contributed by atoms with van der Waals surface area (Å²) in [6.07, 6.45) is 3.69. The van der Waals surface area contributed by atoms with Crippen molar-refractivity contribution in [2.45, 2.75) is 6.92 Å². The van der Waals surface area contributed by atoms with E-state index in [0.29, 0.717) is 28.2 Å². The van der Waals surface area contributed by atoms with E-state index in [9.17, 15) is 4.79 Å². The van der Waals surface area contributed by atoms with E-state index in [1.807, 2.05) is 73.7 Å². The summed E-state index contributed by atoms with van der Waals surface area (Å²) < 4.78 is 13.5. The highest BCUT2D eigenvalue weighted by Crippen LogP contribution is 2.35. The van der Waals surface area contributed by atoms with Crippen LogP contribution in [0.3, 0.4) is 0 Å². The van der Waals surface area contributed by atoms with Gasteiger partial charge in [-0.3, -0.25) is 9.36 Å². The highest BCUT2D eigenvalue weighted by molar-refractivity contribution is 9.10. The number of benzene rings is 3. The molecule has 4 rings (SSSR count). The van der Waals surface area contributed by atoms with Crippen LogP contribution in [0.1, 0.15) is 17.0 Å². The molecule has 0 bridgehead atoms. The minimum absolute atomic E-state index is 0.118. The van der Waals surface area contributed by atoms with Gasteiger partial charge in [0, 0.05) is 10.0 Å². The molecule has 1 heterocycles. The maximum Gasteiger partial charge on any atom is 0.266 e. The van der Waals surface area contributed by atoms with Gasteiger partial charge in [0.15, 0.2) is 11.5 Å². The lowest BCUT2D eigenvalue weighted by Gasteiger charge is -2.13. The number of methoxy groups -OCH3 is 2. The van der Waals surface area contributed by atoms with Crippen molar-refractivity contribution in [3.8, 4) is 17.2 Å². The highest BCUT2D eigenvalue weighted by Gasteiger charge is 2.13. The van der Waals surface area contributed by atoms with Crippen LogP contribution in [0.2, 0.25) is 0 Å². The first kappa shape index (κ1) is 20.9. The van der Waals surface area contributed by atoms with Crippen LogP contribution in [0.5, 0.6) is 11.5 Å². The van der Waals surface area contributed by atoms with Crippen LogP contribution in [0.4, 0.5) is 0 Å². The number of aromatic nitrogens is 2. The fourth-order valence-corrected chi connectivity index (χ4v) is 3.91. The van der Waals surface area contributed by atoms with Crippen LogP contribution in [-0.2, 0) is 0 Å². The monoisotopic (exact) mass is 476 g/mol. The quantitative estimate of drug-likeness (QED) is 0.373. The molecule has 0 aliphatic carbocycles. The summed E-state index contributed by atoms with van der Waals surface area (Å²) in [5.41, 5.74) is 3.20. The van der Waals surface area contributed by atoms with Crippen molar-refractivity contribution in [2.75, 3.05) is 14.2 Å². The molecule has 6 heteroatoms. The molecule has 0 fully saturated rings. The van der Waals surface area contributed by atoms with Gasteiger partial charge in [0.2, 0.25) is 0 Å². The molecule has 0 amide bonds. The van der Waals surface area contributed by atoms with Gasteiger partial charge in [-0.05, 0) is 55.5 Å². The molecule has 0 spiro atoms. The Balaban J connectivity index is 1.94. The molecule has 0 N–H and O–H groups in total. The van der Waals surface area contributed by atoms with Gasteiger partial charge in [0.05, 0.1) is 30.8 Å². The van der Waals surface area contributed by atoms with Crippen molar-refractivity contribution in [1.29, 1.82) is 0 Å². The van der Waals surface area contributed by atoms with Gasteiger partial charge in [-0.2, -0.15) is 0 Å². The maximum atomic E-state index is 13.4. The van der Waals surface area contributed by atoms with E-state index < -0.39 is 0 Å². The Morgan fingerprint density at radius 1 is 0.968 bits per heavy atom. The van der Waals surface area contributed by atoms with Crippen LogP contribution in [0, 0.1) is 6.92 Å². The average Bonchev–Trinajstić information content (AvgIpc) is 2.78. The number of hydrogen-bond donors (Lipinski definition) is 0. The first-order valence-electron chi connectivity index (χ1n) is 9.70. The summed E-state index contributed by atoms with van der Waals surface area (Å²) in [5.74, 6) is 1.74. The molecule has 31 heavy (non-hydrogen) atoms. The van der Waals surface area contributed by atoms with Gasteiger partial charge in [0.25, 0.3) is 5.56 Å². The lowest BCUT2D eigenvalue weighted by Crippen LogP contribution is -2.22. The Hall–Kier alpha value is -3.38. The molecule has 3 aromatic carbocycles. The van der Waals surface area contributed by atoms with Crippen LogP contribution in [0.15, 0.2) is 69.9 Å². The number of nitrogens with zero attached hydrogens (tertiary/aromatic N) is 2. The van der Waals surface area contributed by atoms with E-state index in [1.54, 1.807) is 24.9 Å². The van der Waals surface area contributed by atoms with Crippen molar-refractivity contribution in [3.05, 3.63) is 92.4 Å². The van der Waals surface area contributed by atoms with Crippen molar-refractivity contribution in [1.82, 2.24) is 9.55 Å². The van der Waals surface area contributed by atoms with Gasteiger partial charge in [-0.1, -0.05) is 45.8 Å². The van der Waals surface area contributed by atoms with Crippen LogP contribution in [0.25, 0.3) is 28.7 Å². The summed E-state index contributed by atoms with van der Waals surface area (Å²) in [6, 6.07) is 18.9. The molecule has 0 saturated carbocycles. The third-order valence-electron chi connectivity index (χ3n) is 4.98. The predicted molar refractivity (Wildman–Crippen MR) is 128 cm³/mol. The van der Waals surface area contributed by atoms with Crippen LogP contribution >= 0.6 is 15.9 Å². The fraction of sp³-hybridized carbons (Fsp3) is 0.120. The maximum absolute atomic E-state index is 13.4. The number of rotatable bonds is 5. The van der Waals surface area contributed by atoms with E-state index in [-0.39, 0.29) is 5.56 Å². The van der Waals surface area contributed by atoms with Crippen LogP contribution < -0.4 is 15.0 Å². The average molecular weight is 477 g/mol. The first-order valence-corrected chi connectivity index (χ1v) is 10.5. The Kier molecular flexibility index (Phi) is 5.91. The van der Waals surface area contributed by atoms with E-state index in [4.69, 9.17) is 14.5 Å². The van der Waals surface area contributed by atoms with Crippen molar-refractivity contribution >= 4 is 39.0 Å². The lowest BCUT2D eigenvalue weighted by atomic mass is 10.1. The third-order valence-corrected chi connectivity index (χ3v) is 5.44. The zero-order valence-electron chi connectivity index (χ0n) is 17.4. The summed E-state index contributed by atoms with van der Waals surface area (Å²) in [6.45, 7) is 2.01. The molecule has 0 aliphatic heterocycles. The molecular formula is C25H21BrN2O3. The minimum Gasteiger partial charge on any atom is -0.493 e. The number of hydrogen-bond acceptors (Lipinski definition) is 4. The Labute approximate surface area is 188 Å².